The van der Waals surface area contributed by atoms with E-state index in [0.717, 1.165) is 0 Å². The SMILES string of the molecule is CCC(C)C(N)C(=O)NCC(=O)N1CCCC1C(=O)NC(CC(N)=O)C(=O)O. The lowest BCUT2D eigenvalue weighted by molar-refractivity contribution is -0.145. The van der Waals surface area contributed by atoms with E-state index in [-0.39, 0.29) is 12.5 Å². The maximum Gasteiger partial charge on any atom is 0.326 e. The lowest BCUT2D eigenvalue weighted by Crippen LogP contribution is -2.54. The number of carbonyl (C=O) groups excluding carboxylic acids is 4. The van der Waals surface area contributed by atoms with E-state index in [9.17, 15) is 24.0 Å². The highest BCUT2D eigenvalue weighted by Gasteiger charge is 2.36. The fourth-order valence-electron chi connectivity index (χ4n) is 2.90. The van der Waals surface area contributed by atoms with Gasteiger partial charge in [0.1, 0.15) is 12.1 Å². The van der Waals surface area contributed by atoms with Gasteiger partial charge in [-0.1, -0.05) is 20.3 Å². The zero-order valence-corrected chi connectivity index (χ0v) is 16.1. The molecule has 1 aliphatic rings. The molecule has 0 bridgehead atoms. The highest BCUT2D eigenvalue weighted by molar-refractivity contribution is 5.94. The lowest BCUT2D eigenvalue weighted by atomic mass is 9.99. The van der Waals surface area contributed by atoms with E-state index in [0.29, 0.717) is 25.8 Å². The molecule has 11 heteroatoms. The van der Waals surface area contributed by atoms with Gasteiger partial charge in [-0.05, 0) is 18.8 Å². The number of hydrogen-bond acceptors (Lipinski definition) is 6. The summed E-state index contributed by atoms with van der Waals surface area (Å²) in [7, 11) is 0. The molecule has 0 spiro atoms. The maximum atomic E-state index is 12.4. The third kappa shape index (κ3) is 6.48. The van der Waals surface area contributed by atoms with Gasteiger partial charge < -0.3 is 32.1 Å². The molecule has 1 heterocycles. The van der Waals surface area contributed by atoms with Gasteiger partial charge >= 0.3 is 5.97 Å². The van der Waals surface area contributed by atoms with Gasteiger partial charge in [-0.3, -0.25) is 19.2 Å². The first-order valence-electron chi connectivity index (χ1n) is 9.22. The Labute approximate surface area is 163 Å². The Morgan fingerprint density at radius 1 is 1.25 bits per heavy atom. The Kier molecular flexibility index (Phi) is 8.83. The maximum absolute atomic E-state index is 12.4. The molecule has 1 fully saturated rings. The number of likely N-dealkylation sites (tertiary alicyclic amines) is 1. The molecule has 1 aliphatic heterocycles. The van der Waals surface area contributed by atoms with Crippen molar-refractivity contribution in [3.63, 3.8) is 0 Å². The van der Waals surface area contributed by atoms with E-state index in [1.54, 1.807) is 0 Å². The van der Waals surface area contributed by atoms with E-state index in [4.69, 9.17) is 16.6 Å². The van der Waals surface area contributed by atoms with E-state index in [1.807, 2.05) is 13.8 Å². The predicted molar refractivity (Wildman–Crippen MR) is 98.6 cm³/mol. The molecule has 11 nitrogen and oxygen atoms in total. The first kappa shape index (κ1) is 23.3. The minimum absolute atomic E-state index is 0.0429. The van der Waals surface area contributed by atoms with Crippen LogP contribution in [-0.4, -0.2) is 70.8 Å². The van der Waals surface area contributed by atoms with Crippen molar-refractivity contribution in [3.05, 3.63) is 0 Å². The Morgan fingerprint density at radius 2 is 1.89 bits per heavy atom. The van der Waals surface area contributed by atoms with E-state index >= 15 is 0 Å². The van der Waals surface area contributed by atoms with Crippen LogP contribution in [0, 0.1) is 5.92 Å². The summed E-state index contributed by atoms with van der Waals surface area (Å²) in [5, 5.41) is 13.8. The monoisotopic (exact) mass is 399 g/mol. The fourth-order valence-corrected chi connectivity index (χ4v) is 2.90. The van der Waals surface area contributed by atoms with Crippen LogP contribution < -0.4 is 22.1 Å². The number of carboxylic acids is 1. The summed E-state index contributed by atoms with van der Waals surface area (Å²) in [5.74, 6) is -3.90. The van der Waals surface area contributed by atoms with E-state index in [1.165, 1.54) is 4.90 Å². The molecule has 28 heavy (non-hydrogen) atoms. The number of primary amides is 1. The molecular formula is C17H29N5O6. The summed E-state index contributed by atoms with van der Waals surface area (Å²) in [5.41, 5.74) is 10.8. The van der Waals surface area contributed by atoms with Gasteiger partial charge in [0.15, 0.2) is 0 Å². The highest BCUT2D eigenvalue weighted by Crippen LogP contribution is 2.18. The van der Waals surface area contributed by atoms with Crippen LogP contribution in [0.25, 0.3) is 0 Å². The molecular weight excluding hydrogens is 370 g/mol. The molecule has 7 N–H and O–H groups in total. The minimum atomic E-state index is -1.46. The summed E-state index contributed by atoms with van der Waals surface area (Å²) in [4.78, 5) is 60.2. The quantitative estimate of drug-likeness (QED) is 0.279. The number of amides is 4. The van der Waals surface area contributed by atoms with Crippen LogP contribution in [0.1, 0.15) is 39.5 Å². The second-order valence-corrected chi connectivity index (χ2v) is 6.94. The van der Waals surface area contributed by atoms with Gasteiger partial charge in [0.05, 0.1) is 19.0 Å². The molecule has 1 rings (SSSR count). The smallest absolute Gasteiger partial charge is 0.326 e. The average Bonchev–Trinajstić information content (AvgIpc) is 3.13. The summed E-state index contributed by atoms with van der Waals surface area (Å²) in [6, 6.07) is -3.07. The van der Waals surface area contributed by atoms with Gasteiger partial charge in [-0.2, -0.15) is 0 Å². The number of nitrogens with one attached hydrogen (secondary N) is 2. The Morgan fingerprint density at radius 3 is 2.43 bits per heavy atom. The van der Waals surface area contributed by atoms with Crippen molar-refractivity contribution in [2.75, 3.05) is 13.1 Å². The number of nitrogens with two attached hydrogens (primary N) is 2. The van der Waals surface area contributed by atoms with Gasteiger partial charge in [-0.25, -0.2) is 4.79 Å². The Hall–Kier alpha value is -2.69. The Bertz CT molecular complexity index is 625. The highest BCUT2D eigenvalue weighted by atomic mass is 16.4. The van der Waals surface area contributed by atoms with Gasteiger partial charge in [-0.15, -0.1) is 0 Å². The predicted octanol–water partition coefficient (Wildman–Crippen LogP) is -2.09. The van der Waals surface area contributed by atoms with Gasteiger partial charge in [0, 0.05) is 6.54 Å². The van der Waals surface area contributed by atoms with E-state index < -0.39 is 54.1 Å². The van der Waals surface area contributed by atoms with Crippen molar-refractivity contribution in [3.8, 4) is 0 Å². The molecule has 0 aromatic carbocycles. The molecule has 4 unspecified atom stereocenters. The van der Waals surface area contributed by atoms with E-state index in [2.05, 4.69) is 10.6 Å². The first-order valence-corrected chi connectivity index (χ1v) is 9.22. The van der Waals surface area contributed by atoms with Crippen molar-refractivity contribution in [1.29, 1.82) is 0 Å². The molecule has 4 amide bonds. The summed E-state index contributed by atoms with van der Waals surface area (Å²) < 4.78 is 0. The van der Waals surface area contributed by atoms with Crippen molar-refractivity contribution in [2.45, 2.75) is 57.7 Å². The van der Waals surface area contributed by atoms with Crippen LogP contribution in [0.2, 0.25) is 0 Å². The zero-order valence-electron chi connectivity index (χ0n) is 16.1. The second-order valence-electron chi connectivity index (χ2n) is 6.94. The molecule has 0 saturated carbocycles. The molecule has 1 saturated heterocycles. The van der Waals surface area contributed by atoms with Gasteiger partial charge in [0.2, 0.25) is 23.6 Å². The fraction of sp³-hybridized carbons (Fsp3) is 0.706. The van der Waals surface area contributed by atoms with Crippen LogP contribution in [0.4, 0.5) is 0 Å². The number of nitrogens with zero attached hydrogens (tertiary/aromatic N) is 1. The number of rotatable bonds is 10. The number of carbonyl (C=O) groups is 5. The second kappa shape index (κ2) is 10.6. The van der Waals surface area contributed by atoms with Crippen LogP contribution in [0.3, 0.4) is 0 Å². The van der Waals surface area contributed by atoms with Crippen LogP contribution in [0.15, 0.2) is 0 Å². The molecule has 0 radical (unpaired) electrons. The van der Waals surface area contributed by atoms with Crippen molar-refractivity contribution >= 4 is 29.6 Å². The minimum Gasteiger partial charge on any atom is -0.480 e. The number of hydrogen-bond donors (Lipinski definition) is 5. The normalized spacial score (nSPS) is 19.4. The van der Waals surface area contributed by atoms with Crippen molar-refractivity contribution < 1.29 is 29.1 Å². The number of carboxylic acid groups (broad SMARTS) is 1. The summed E-state index contributed by atoms with van der Waals surface area (Å²) in [6.45, 7) is 3.73. The topological polar surface area (TPSA) is 185 Å². The van der Waals surface area contributed by atoms with Crippen molar-refractivity contribution in [2.24, 2.45) is 17.4 Å². The first-order chi connectivity index (χ1) is 13.1. The summed E-state index contributed by atoms with van der Waals surface area (Å²) >= 11 is 0. The largest absolute Gasteiger partial charge is 0.480 e. The third-order valence-electron chi connectivity index (χ3n) is 4.87. The molecule has 4 atom stereocenters. The molecule has 0 aromatic heterocycles. The van der Waals surface area contributed by atoms with Crippen molar-refractivity contribution in [1.82, 2.24) is 15.5 Å². The Balaban J connectivity index is 2.66. The molecule has 158 valence electrons. The number of aliphatic carboxylic acids is 1. The van der Waals surface area contributed by atoms with Crippen LogP contribution >= 0.6 is 0 Å². The summed E-state index contributed by atoms with van der Waals surface area (Å²) in [6.07, 6.45) is 1.07. The molecule has 0 aliphatic carbocycles. The average molecular weight is 399 g/mol. The lowest BCUT2D eigenvalue weighted by Gasteiger charge is -2.26. The third-order valence-corrected chi connectivity index (χ3v) is 4.87. The van der Waals surface area contributed by atoms with Crippen LogP contribution in [0.5, 0.6) is 0 Å². The standard InChI is InChI=1S/C17H29N5O6/c1-3-9(2)14(19)16(26)20-8-13(24)22-6-4-5-11(22)15(25)21-10(17(27)28)7-12(18)23/h9-11,14H,3-8,19H2,1-2H3,(H2,18,23)(H,20,26)(H,21,25)(H,27,28). The zero-order chi connectivity index (χ0) is 21.4. The van der Waals surface area contributed by atoms with Gasteiger partial charge in [0.25, 0.3) is 0 Å². The molecule has 0 aromatic rings. The van der Waals surface area contributed by atoms with Crippen LogP contribution in [-0.2, 0) is 24.0 Å².